The number of nitrogens with two attached hydrogens (primary N) is 1. The third-order valence-electron chi connectivity index (χ3n) is 3.73. The van der Waals surface area contributed by atoms with Gasteiger partial charge in [0.1, 0.15) is 6.10 Å². The smallest absolute Gasteiger partial charge is 0.269 e. The number of hydrogen-bond acceptors (Lipinski definition) is 5. The van der Waals surface area contributed by atoms with Gasteiger partial charge in [0.05, 0.1) is 34.9 Å². The molecule has 1 fully saturated rings. The lowest BCUT2D eigenvalue weighted by Gasteiger charge is -2.23. The topological polar surface area (TPSA) is 95.1 Å². The summed E-state index contributed by atoms with van der Waals surface area (Å²) in [6.07, 6.45) is 2.18. The molecule has 1 atom stereocenters. The van der Waals surface area contributed by atoms with Gasteiger partial charge in [-0.15, -0.1) is 0 Å². The number of primary amides is 1. The van der Waals surface area contributed by atoms with Crippen molar-refractivity contribution in [2.45, 2.75) is 19.4 Å². The Hall–Kier alpha value is -1.96. The molecule has 0 saturated carbocycles. The van der Waals surface area contributed by atoms with Crippen molar-refractivity contribution in [3.05, 3.63) is 40.4 Å². The summed E-state index contributed by atoms with van der Waals surface area (Å²) in [6.45, 7) is 4.15. The maximum absolute atomic E-state index is 11.7. The summed E-state index contributed by atoms with van der Waals surface area (Å²) in [5, 5.41) is 7.92. The van der Waals surface area contributed by atoms with Gasteiger partial charge in [0, 0.05) is 13.1 Å². The number of morpholine rings is 1. The minimum Gasteiger partial charge on any atom is -0.369 e. The molecule has 1 saturated heterocycles. The average Bonchev–Trinajstić information content (AvgIpc) is 2.92. The molecular weight excluding hydrogens is 318 g/mol. The number of halogens is 1. The van der Waals surface area contributed by atoms with Crippen LogP contribution in [-0.4, -0.2) is 40.4 Å². The summed E-state index contributed by atoms with van der Waals surface area (Å²) >= 11 is 6.19. The highest BCUT2D eigenvalue weighted by Gasteiger charge is 2.22. The summed E-state index contributed by atoms with van der Waals surface area (Å²) < 4.78 is 7.11. The molecule has 0 spiro atoms. The van der Waals surface area contributed by atoms with E-state index < -0.39 is 5.91 Å². The van der Waals surface area contributed by atoms with Crippen molar-refractivity contribution in [1.82, 2.24) is 20.1 Å². The molecule has 0 aromatic carbocycles. The molecule has 0 unspecified atom stereocenters. The van der Waals surface area contributed by atoms with Gasteiger partial charge in [0.2, 0.25) is 0 Å². The number of ether oxygens (including phenoxy) is 1. The highest BCUT2D eigenvalue weighted by molar-refractivity contribution is 6.34. The quantitative estimate of drug-likeness (QED) is 0.876. The first-order valence-electron chi connectivity index (χ1n) is 7.47. The number of aryl methyl sites for hydroxylation is 1. The highest BCUT2D eigenvalue weighted by atomic mass is 35.5. The number of pyridine rings is 1. The zero-order chi connectivity index (χ0) is 16.4. The molecule has 2 aromatic heterocycles. The fourth-order valence-corrected chi connectivity index (χ4v) is 2.88. The summed E-state index contributed by atoms with van der Waals surface area (Å²) in [5.74, 6) is -0.619. The number of carbonyl (C=O) groups is 1. The predicted molar refractivity (Wildman–Crippen MR) is 85.8 cm³/mol. The van der Waals surface area contributed by atoms with Gasteiger partial charge in [-0.05, 0) is 18.6 Å². The second-order valence-corrected chi connectivity index (χ2v) is 5.62. The van der Waals surface area contributed by atoms with Crippen molar-refractivity contribution < 1.29 is 9.53 Å². The maximum Gasteiger partial charge on any atom is 0.269 e. The molecule has 0 bridgehead atoms. The lowest BCUT2D eigenvalue weighted by molar-refractivity contribution is 0.0250. The lowest BCUT2D eigenvalue weighted by Crippen LogP contribution is -2.33. The standard InChI is InChI=1S/C15H18ClN5O2/c1-2-10-13(16)14(15(17)22)21(20-10)9-3-4-11(19-7-9)12-8-18-5-6-23-12/h3-4,7,12,18H,2,5-6,8H2,1H3,(H2,17,22)/t12-/m0/s1. The molecule has 7 nitrogen and oxygen atoms in total. The first-order chi connectivity index (χ1) is 11.1. The summed E-state index contributed by atoms with van der Waals surface area (Å²) in [4.78, 5) is 16.1. The molecule has 3 rings (SSSR count). The number of aromatic nitrogens is 3. The minimum atomic E-state index is -0.619. The summed E-state index contributed by atoms with van der Waals surface area (Å²) in [6, 6.07) is 3.69. The van der Waals surface area contributed by atoms with E-state index in [1.807, 2.05) is 19.1 Å². The van der Waals surface area contributed by atoms with E-state index in [4.69, 9.17) is 22.1 Å². The van der Waals surface area contributed by atoms with E-state index in [-0.39, 0.29) is 11.8 Å². The Morgan fingerprint density at radius 2 is 2.39 bits per heavy atom. The molecule has 1 aliphatic rings. The number of amides is 1. The first kappa shape index (κ1) is 15.9. The van der Waals surface area contributed by atoms with Crippen molar-refractivity contribution >= 4 is 17.5 Å². The Morgan fingerprint density at radius 1 is 1.57 bits per heavy atom. The van der Waals surface area contributed by atoms with E-state index in [0.29, 0.717) is 29.4 Å². The second kappa shape index (κ2) is 6.66. The predicted octanol–water partition coefficient (Wildman–Crippen LogP) is 1.24. The van der Waals surface area contributed by atoms with Gasteiger partial charge < -0.3 is 15.8 Å². The molecule has 0 aliphatic carbocycles. The molecule has 3 heterocycles. The molecule has 3 N–H and O–H groups in total. The van der Waals surface area contributed by atoms with Crippen LogP contribution in [0.1, 0.15) is 34.9 Å². The van der Waals surface area contributed by atoms with E-state index in [2.05, 4.69) is 15.4 Å². The molecule has 0 radical (unpaired) electrons. The maximum atomic E-state index is 11.7. The number of hydrogen-bond donors (Lipinski definition) is 2. The Bertz CT molecular complexity index is 707. The van der Waals surface area contributed by atoms with Crippen molar-refractivity contribution in [3.8, 4) is 5.69 Å². The minimum absolute atomic E-state index is 0.0687. The normalized spacial score (nSPS) is 18.1. The monoisotopic (exact) mass is 335 g/mol. The van der Waals surface area contributed by atoms with Crippen molar-refractivity contribution in [3.63, 3.8) is 0 Å². The zero-order valence-electron chi connectivity index (χ0n) is 12.8. The van der Waals surface area contributed by atoms with Crippen LogP contribution in [0.3, 0.4) is 0 Å². The van der Waals surface area contributed by atoms with Crippen LogP contribution in [0.4, 0.5) is 0 Å². The molecule has 23 heavy (non-hydrogen) atoms. The molecule has 1 amide bonds. The van der Waals surface area contributed by atoms with Gasteiger partial charge in [0.25, 0.3) is 5.91 Å². The van der Waals surface area contributed by atoms with Crippen LogP contribution in [0.25, 0.3) is 5.69 Å². The van der Waals surface area contributed by atoms with Gasteiger partial charge in [0.15, 0.2) is 5.69 Å². The van der Waals surface area contributed by atoms with E-state index in [1.54, 1.807) is 6.20 Å². The van der Waals surface area contributed by atoms with E-state index in [0.717, 1.165) is 18.8 Å². The molecule has 122 valence electrons. The molecule has 8 heteroatoms. The third-order valence-corrected chi connectivity index (χ3v) is 4.13. The molecule has 2 aromatic rings. The molecule has 1 aliphatic heterocycles. The number of nitrogens with one attached hydrogen (secondary N) is 1. The van der Waals surface area contributed by atoms with Gasteiger partial charge in [-0.3, -0.25) is 9.78 Å². The number of rotatable bonds is 4. The Morgan fingerprint density at radius 3 is 2.96 bits per heavy atom. The van der Waals surface area contributed by atoms with E-state index in [1.165, 1.54) is 4.68 Å². The fourth-order valence-electron chi connectivity index (χ4n) is 2.54. The van der Waals surface area contributed by atoms with Crippen LogP contribution in [0, 0.1) is 0 Å². The van der Waals surface area contributed by atoms with E-state index >= 15 is 0 Å². The van der Waals surface area contributed by atoms with Gasteiger partial charge >= 0.3 is 0 Å². The Balaban J connectivity index is 1.94. The van der Waals surface area contributed by atoms with Crippen LogP contribution in [-0.2, 0) is 11.2 Å². The zero-order valence-corrected chi connectivity index (χ0v) is 13.5. The van der Waals surface area contributed by atoms with Gasteiger partial charge in [-0.2, -0.15) is 5.10 Å². The van der Waals surface area contributed by atoms with Crippen molar-refractivity contribution in [1.29, 1.82) is 0 Å². The number of carbonyl (C=O) groups excluding carboxylic acids is 1. The average molecular weight is 336 g/mol. The summed E-state index contributed by atoms with van der Waals surface area (Å²) in [7, 11) is 0. The van der Waals surface area contributed by atoms with Crippen molar-refractivity contribution in [2.24, 2.45) is 5.73 Å². The largest absolute Gasteiger partial charge is 0.369 e. The van der Waals surface area contributed by atoms with Crippen LogP contribution in [0.2, 0.25) is 5.02 Å². The Labute approximate surface area is 138 Å². The lowest BCUT2D eigenvalue weighted by atomic mass is 10.2. The van der Waals surface area contributed by atoms with Crippen LogP contribution >= 0.6 is 11.6 Å². The van der Waals surface area contributed by atoms with Crippen molar-refractivity contribution in [2.75, 3.05) is 19.7 Å². The summed E-state index contributed by atoms with van der Waals surface area (Å²) in [5.41, 5.74) is 7.70. The van der Waals surface area contributed by atoms with Crippen LogP contribution in [0.5, 0.6) is 0 Å². The molecular formula is C15H18ClN5O2. The van der Waals surface area contributed by atoms with Gasteiger partial charge in [-0.1, -0.05) is 18.5 Å². The first-order valence-corrected chi connectivity index (χ1v) is 7.85. The SMILES string of the molecule is CCc1nn(-c2ccc([C@@H]3CNCCO3)nc2)c(C(N)=O)c1Cl. The van der Waals surface area contributed by atoms with E-state index in [9.17, 15) is 4.79 Å². The van der Waals surface area contributed by atoms with Crippen LogP contribution < -0.4 is 11.1 Å². The van der Waals surface area contributed by atoms with Gasteiger partial charge in [-0.25, -0.2) is 4.68 Å². The third kappa shape index (κ3) is 3.08. The second-order valence-electron chi connectivity index (χ2n) is 5.24. The fraction of sp³-hybridized carbons (Fsp3) is 0.400. The highest BCUT2D eigenvalue weighted by Crippen LogP contribution is 2.25. The number of nitrogens with zero attached hydrogens (tertiary/aromatic N) is 3. The van der Waals surface area contributed by atoms with Crippen LogP contribution in [0.15, 0.2) is 18.3 Å². The Kier molecular flexibility index (Phi) is 4.61.